The van der Waals surface area contributed by atoms with Gasteiger partial charge in [-0.2, -0.15) is 0 Å². The molecule has 1 aliphatic rings. The molecule has 1 saturated heterocycles. The molecule has 1 aliphatic heterocycles. The van der Waals surface area contributed by atoms with E-state index in [1.807, 2.05) is 42.5 Å². The molecule has 7 nitrogen and oxygen atoms in total. The summed E-state index contributed by atoms with van der Waals surface area (Å²) in [5.41, 5.74) is 2.59. The second-order valence-electron chi connectivity index (χ2n) is 6.66. The number of likely N-dealkylation sites (N-methyl/N-ethyl adjacent to an activating group) is 1. The average Bonchev–Trinajstić information content (AvgIpc) is 2.68. The van der Waals surface area contributed by atoms with Crippen molar-refractivity contribution in [1.82, 2.24) is 15.2 Å². The van der Waals surface area contributed by atoms with Crippen LogP contribution in [-0.4, -0.2) is 54.9 Å². The highest BCUT2D eigenvalue weighted by atomic mass is 16.2. The van der Waals surface area contributed by atoms with E-state index in [-0.39, 0.29) is 18.2 Å². The van der Waals surface area contributed by atoms with E-state index in [0.29, 0.717) is 12.2 Å². The Labute approximate surface area is 159 Å². The zero-order valence-electron chi connectivity index (χ0n) is 15.5. The van der Waals surface area contributed by atoms with Crippen LogP contribution in [0.4, 0.5) is 11.4 Å². The monoisotopic (exact) mass is 367 g/mol. The van der Waals surface area contributed by atoms with Crippen LogP contribution < -0.4 is 15.5 Å². The molecule has 2 heterocycles. The van der Waals surface area contributed by atoms with Crippen LogP contribution in [0.2, 0.25) is 0 Å². The molecule has 0 unspecified atom stereocenters. The molecule has 1 aromatic heterocycles. The summed E-state index contributed by atoms with van der Waals surface area (Å²) in [6.07, 6.45) is 1.45. The second kappa shape index (κ2) is 9.14. The first-order valence-electron chi connectivity index (χ1n) is 9.10. The maximum absolute atomic E-state index is 12.1. The molecule has 27 heavy (non-hydrogen) atoms. The number of rotatable bonds is 6. The molecule has 0 aliphatic carbocycles. The van der Waals surface area contributed by atoms with Crippen molar-refractivity contribution >= 4 is 23.2 Å². The summed E-state index contributed by atoms with van der Waals surface area (Å²) >= 11 is 0. The van der Waals surface area contributed by atoms with Crippen LogP contribution in [0.15, 0.2) is 48.7 Å². The first kappa shape index (κ1) is 18.8. The minimum absolute atomic E-state index is 0.215. The van der Waals surface area contributed by atoms with Crippen LogP contribution >= 0.6 is 0 Å². The number of amides is 2. The van der Waals surface area contributed by atoms with E-state index in [2.05, 4.69) is 32.5 Å². The number of carbonyl (C=O) groups excluding carboxylic acids is 2. The smallest absolute Gasteiger partial charge is 0.233 e. The number of piperazine rings is 1. The molecule has 3 rings (SSSR count). The summed E-state index contributed by atoms with van der Waals surface area (Å²) in [6, 6.07) is 13.2. The van der Waals surface area contributed by atoms with E-state index in [0.717, 1.165) is 37.6 Å². The van der Waals surface area contributed by atoms with E-state index >= 15 is 0 Å². The fourth-order valence-corrected chi connectivity index (χ4v) is 2.93. The molecule has 0 spiro atoms. The van der Waals surface area contributed by atoms with Crippen molar-refractivity contribution in [3.8, 4) is 0 Å². The lowest BCUT2D eigenvalue weighted by Crippen LogP contribution is -2.44. The topological polar surface area (TPSA) is 77.6 Å². The molecule has 142 valence electrons. The van der Waals surface area contributed by atoms with Crippen molar-refractivity contribution in [3.63, 3.8) is 0 Å². The van der Waals surface area contributed by atoms with Crippen molar-refractivity contribution in [3.05, 3.63) is 54.4 Å². The molecule has 1 aromatic carbocycles. The highest BCUT2D eigenvalue weighted by molar-refractivity contribution is 6.03. The lowest BCUT2D eigenvalue weighted by Gasteiger charge is -2.34. The molecule has 0 saturated carbocycles. The van der Waals surface area contributed by atoms with E-state index < -0.39 is 0 Å². The molecule has 2 amide bonds. The van der Waals surface area contributed by atoms with Crippen molar-refractivity contribution in [1.29, 1.82) is 0 Å². The first-order valence-corrected chi connectivity index (χ1v) is 9.10. The maximum Gasteiger partial charge on any atom is 0.233 e. The van der Waals surface area contributed by atoms with Crippen molar-refractivity contribution in [2.75, 3.05) is 43.4 Å². The molecule has 2 aromatic rings. The largest absolute Gasteiger partial charge is 0.369 e. The third-order valence-electron chi connectivity index (χ3n) is 4.53. The van der Waals surface area contributed by atoms with Crippen LogP contribution in [0, 0.1) is 0 Å². The summed E-state index contributed by atoms with van der Waals surface area (Å²) in [4.78, 5) is 32.7. The number of hydrogen-bond donors (Lipinski definition) is 2. The lowest BCUT2D eigenvalue weighted by molar-refractivity contribution is -0.126. The zero-order valence-corrected chi connectivity index (χ0v) is 15.5. The van der Waals surface area contributed by atoms with Gasteiger partial charge in [-0.25, -0.2) is 0 Å². The SMILES string of the molecule is CN1CCN(c2ccc(NC(=O)CC(=O)NCc3ccccn3)cc2)CC1. The molecule has 2 N–H and O–H groups in total. The first-order chi connectivity index (χ1) is 13.1. The predicted molar refractivity (Wildman–Crippen MR) is 105 cm³/mol. The van der Waals surface area contributed by atoms with Gasteiger partial charge in [0.1, 0.15) is 6.42 Å². The van der Waals surface area contributed by atoms with Crippen LogP contribution in [-0.2, 0) is 16.1 Å². The molecule has 0 radical (unpaired) electrons. The summed E-state index contributed by atoms with van der Waals surface area (Å²) in [5.74, 6) is -0.659. The summed E-state index contributed by atoms with van der Waals surface area (Å²) in [7, 11) is 2.13. The number of pyridine rings is 1. The lowest BCUT2D eigenvalue weighted by atomic mass is 10.2. The minimum Gasteiger partial charge on any atom is -0.369 e. The fourth-order valence-electron chi connectivity index (χ4n) is 2.93. The number of hydrogen-bond acceptors (Lipinski definition) is 5. The van der Waals surface area contributed by atoms with Gasteiger partial charge in [0.25, 0.3) is 0 Å². The van der Waals surface area contributed by atoms with Gasteiger partial charge in [-0.15, -0.1) is 0 Å². The van der Waals surface area contributed by atoms with Gasteiger partial charge in [0, 0.05) is 43.8 Å². The van der Waals surface area contributed by atoms with Gasteiger partial charge in [-0.1, -0.05) is 6.07 Å². The van der Waals surface area contributed by atoms with Gasteiger partial charge >= 0.3 is 0 Å². The Bertz CT molecular complexity index is 756. The number of anilines is 2. The number of benzene rings is 1. The van der Waals surface area contributed by atoms with Gasteiger partial charge in [0.15, 0.2) is 0 Å². The number of aromatic nitrogens is 1. The number of nitrogens with zero attached hydrogens (tertiary/aromatic N) is 3. The third-order valence-corrected chi connectivity index (χ3v) is 4.53. The van der Waals surface area contributed by atoms with Crippen LogP contribution in [0.1, 0.15) is 12.1 Å². The van der Waals surface area contributed by atoms with Crippen molar-refractivity contribution in [2.45, 2.75) is 13.0 Å². The Hall–Kier alpha value is -2.93. The highest BCUT2D eigenvalue weighted by Crippen LogP contribution is 2.19. The van der Waals surface area contributed by atoms with E-state index in [1.165, 1.54) is 0 Å². The molecule has 0 bridgehead atoms. The van der Waals surface area contributed by atoms with Gasteiger partial charge in [-0.05, 0) is 43.4 Å². The quantitative estimate of drug-likeness (QED) is 0.756. The third kappa shape index (κ3) is 5.79. The second-order valence-corrected chi connectivity index (χ2v) is 6.66. The summed E-state index contributed by atoms with van der Waals surface area (Å²) in [6.45, 7) is 4.40. The Morgan fingerprint density at radius 2 is 1.74 bits per heavy atom. The van der Waals surface area contributed by atoms with Gasteiger partial charge < -0.3 is 20.4 Å². The zero-order chi connectivity index (χ0) is 19.1. The highest BCUT2D eigenvalue weighted by Gasteiger charge is 2.14. The van der Waals surface area contributed by atoms with E-state index in [9.17, 15) is 9.59 Å². The average molecular weight is 367 g/mol. The van der Waals surface area contributed by atoms with Gasteiger partial charge in [0.05, 0.1) is 12.2 Å². The van der Waals surface area contributed by atoms with Crippen molar-refractivity contribution < 1.29 is 9.59 Å². The fraction of sp³-hybridized carbons (Fsp3) is 0.350. The Morgan fingerprint density at radius 1 is 1.00 bits per heavy atom. The number of carbonyl (C=O) groups is 2. The molecule has 1 fully saturated rings. The van der Waals surface area contributed by atoms with E-state index in [4.69, 9.17) is 0 Å². The summed E-state index contributed by atoms with van der Waals surface area (Å²) in [5, 5.41) is 5.46. The summed E-state index contributed by atoms with van der Waals surface area (Å²) < 4.78 is 0. The van der Waals surface area contributed by atoms with Crippen LogP contribution in [0.25, 0.3) is 0 Å². The van der Waals surface area contributed by atoms with Crippen LogP contribution in [0.3, 0.4) is 0 Å². The Morgan fingerprint density at radius 3 is 2.41 bits per heavy atom. The van der Waals surface area contributed by atoms with Crippen molar-refractivity contribution in [2.24, 2.45) is 0 Å². The predicted octanol–water partition coefficient (Wildman–Crippen LogP) is 1.48. The maximum atomic E-state index is 12.1. The van der Waals surface area contributed by atoms with Gasteiger partial charge in [-0.3, -0.25) is 14.6 Å². The Balaban J connectivity index is 1.44. The molecular weight excluding hydrogens is 342 g/mol. The Kier molecular flexibility index (Phi) is 6.38. The standard InChI is InChI=1S/C20H25N5O2/c1-24-10-12-25(13-11-24)18-7-5-16(6-8-18)23-20(27)14-19(26)22-15-17-4-2-3-9-21-17/h2-9H,10-15H2,1H3,(H,22,26)(H,23,27). The molecule has 7 heteroatoms. The van der Waals surface area contributed by atoms with E-state index in [1.54, 1.807) is 6.20 Å². The van der Waals surface area contributed by atoms with Crippen LogP contribution in [0.5, 0.6) is 0 Å². The minimum atomic E-state index is -0.333. The van der Waals surface area contributed by atoms with Gasteiger partial charge in [0.2, 0.25) is 11.8 Å². The molecular formula is C20H25N5O2. The molecule has 0 atom stereocenters. The normalized spacial score (nSPS) is 14.6. The number of nitrogens with one attached hydrogen (secondary N) is 2.